The summed E-state index contributed by atoms with van der Waals surface area (Å²) < 4.78 is 0. The van der Waals surface area contributed by atoms with Gasteiger partial charge in [0.15, 0.2) is 0 Å². The van der Waals surface area contributed by atoms with Crippen molar-refractivity contribution in [3.05, 3.63) is 53.6 Å². The van der Waals surface area contributed by atoms with Gasteiger partial charge < -0.3 is 4.90 Å². The van der Waals surface area contributed by atoms with E-state index in [2.05, 4.69) is 11.0 Å². The summed E-state index contributed by atoms with van der Waals surface area (Å²) in [6.45, 7) is 4.32. The van der Waals surface area contributed by atoms with Crippen LogP contribution in [0.5, 0.6) is 0 Å². The molecule has 5 heteroatoms. The van der Waals surface area contributed by atoms with Crippen molar-refractivity contribution in [1.29, 1.82) is 5.26 Å². The fourth-order valence-corrected chi connectivity index (χ4v) is 2.74. The molecule has 126 valence electrons. The van der Waals surface area contributed by atoms with Gasteiger partial charge in [0, 0.05) is 38.1 Å². The molecule has 1 aliphatic heterocycles. The SMILES string of the molecule is N#Cc1ccccc1C=CC=CC(=O)N1CCN(CCCCl)CC1. The maximum Gasteiger partial charge on any atom is 0.246 e. The average Bonchev–Trinajstić information content (AvgIpc) is 2.64. The fourth-order valence-electron chi connectivity index (χ4n) is 2.62. The van der Waals surface area contributed by atoms with Crippen LogP contribution in [0.1, 0.15) is 17.5 Å². The standard InChI is InChI=1S/C19H22ClN3O/c20-10-5-11-22-12-14-23(15-13-22)19(24)9-4-3-7-17-6-1-2-8-18(17)16-21/h1-4,6-9H,5,10-15H2. The number of hydrogen-bond acceptors (Lipinski definition) is 3. The van der Waals surface area contributed by atoms with E-state index in [9.17, 15) is 4.79 Å². The molecule has 1 aliphatic rings. The van der Waals surface area contributed by atoms with E-state index in [0.717, 1.165) is 44.7 Å². The Labute approximate surface area is 148 Å². The van der Waals surface area contributed by atoms with Gasteiger partial charge in [0.1, 0.15) is 0 Å². The molecule has 0 unspecified atom stereocenters. The van der Waals surface area contributed by atoms with Crippen molar-refractivity contribution >= 4 is 23.6 Å². The Morgan fingerprint density at radius 3 is 2.67 bits per heavy atom. The molecular formula is C19H22ClN3O. The Morgan fingerprint density at radius 2 is 1.96 bits per heavy atom. The lowest BCUT2D eigenvalue weighted by Gasteiger charge is -2.34. The second-order valence-corrected chi connectivity index (χ2v) is 6.00. The first-order chi connectivity index (χ1) is 11.7. The summed E-state index contributed by atoms with van der Waals surface area (Å²) in [5.74, 6) is 0.716. The third-order valence-corrected chi connectivity index (χ3v) is 4.27. The highest BCUT2D eigenvalue weighted by Gasteiger charge is 2.18. The minimum Gasteiger partial charge on any atom is -0.337 e. The number of nitrogens with zero attached hydrogens (tertiary/aromatic N) is 3. The van der Waals surface area contributed by atoms with Gasteiger partial charge in [-0.05, 0) is 24.6 Å². The van der Waals surface area contributed by atoms with Crippen LogP contribution < -0.4 is 0 Å². The maximum atomic E-state index is 12.2. The van der Waals surface area contributed by atoms with Crippen LogP contribution in [0.2, 0.25) is 0 Å². The number of halogens is 1. The van der Waals surface area contributed by atoms with Crippen molar-refractivity contribution in [2.24, 2.45) is 0 Å². The smallest absolute Gasteiger partial charge is 0.246 e. The van der Waals surface area contributed by atoms with E-state index in [0.29, 0.717) is 11.4 Å². The Balaban J connectivity index is 1.81. The number of piperazine rings is 1. The predicted octanol–water partition coefficient (Wildman–Crippen LogP) is 2.90. The van der Waals surface area contributed by atoms with Crippen LogP contribution in [-0.2, 0) is 4.79 Å². The van der Waals surface area contributed by atoms with E-state index in [4.69, 9.17) is 16.9 Å². The first kappa shape index (κ1) is 18.3. The Kier molecular flexibility index (Phi) is 7.54. The van der Waals surface area contributed by atoms with E-state index < -0.39 is 0 Å². The molecular weight excluding hydrogens is 322 g/mol. The fraction of sp³-hybridized carbons (Fsp3) is 0.368. The van der Waals surface area contributed by atoms with Crippen LogP contribution >= 0.6 is 11.6 Å². The number of allylic oxidation sites excluding steroid dienone is 2. The molecule has 4 nitrogen and oxygen atoms in total. The molecule has 1 saturated heterocycles. The van der Waals surface area contributed by atoms with Gasteiger partial charge in [0.2, 0.25) is 5.91 Å². The topological polar surface area (TPSA) is 47.3 Å². The summed E-state index contributed by atoms with van der Waals surface area (Å²) >= 11 is 5.71. The summed E-state index contributed by atoms with van der Waals surface area (Å²) in [5.41, 5.74) is 1.48. The van der Waals surface area contributed by atoms with Crippen molar-refractivity contribution in [3.8, 4) is 6.07 Å². The molecule has 24 heavy (non-hydrogen) atoms. The van der Waals surface area contributed by atoms with Gasteiger partial charge in [-0.1, -0.05) is 36.4 Å². The molecule has 1 fully saturated rings. The highest BCUT2D eigenvalue weighted by molar-refractivity contribution is 6.17. The first-order valence-corrected chi connectivity index (χ1v) is 8.69. The predicted molar refractivity (Wildman–Crippen MR) is 97.7 cm³/mol. The molecule has 0 bridgehead atoms. The van der Waals surface area contributed by atoms with Gasteiger partial charge in [0.05, 0.1) is 11.6 Å². The largest absolute Gasteiger partial charge is 0.337 e. The van der Waals surface area contributed by atoms with Crippen LogP contribution in [0.3, 0.4) is 0 Å². The normalized spacial score (nSPS) is 15.9. The number of amides is 1. The minimum absolute atomic E-state index is 0.0326. The lowest BCUT2D eigenvalue weighted by Crippen LogP contribution is -2.48. The second-order valence-electron chi connectivity index (χ2n) is 5.63. The zero-order chi connectivity index (χ0) is 17.2. The van der Waals surface area contributed by atoms with Gasteiger partial charge in [-0.2, -0.15) is 5.26 Å². The minimum atomic E-state index is 0.0326. The second kappa shape index (κ2) is 9.92. The number of carbonyl (C=O) groups excluding carboxylic acids is 1. The number of carbonyl (C=O) groups is 1. The van der Waals surface area contributed by atoms with Gasteiger partial charge in [0.25, 0.3) is 0 Å². The molecule has 0 aliphatic carbocycles. The van der Waals surface area contributed by atoms with Crippen LogP contribution in [0, 0.1) is 11.3 Å². The van der Waals surface area contributed by atoms with Gasteiger partial charge in [-0.15, -0.1) is 11.6 Å². The van der Waals surface area contributed by atoms with Crippen molar-refractivity contribution in [2.75, 3.05) is 38.6 Å². The van der Waals surface area contributed by atoms with Crippen LogP contribution in [0.15, 0.2) is 42.5 Å². The summed E-state index contributed by atoms with van der Waals surface area (Å²) in [7, 11) is 0. The summed E-state index contributed by atoms with van der Waals surface area (Å²) in [5, 5.41) is 9.03. The average molecular weight is 344 g/mol. The van der Waals surface area contributed by atoms with Crippen LogP contribution in [0.25, 0.3) is 6.08 Å². The quantitative estimate of drug-likeness (QED) is 0.453. The number of rotatable bonds is 6. The molecule has 0 saturated carbocycles. The Hall–Kier alpha value is -2.09. The monoisotopic (exact) mass is 343 g/mol. The van der Waals surface area contributed by atoms with Crippen LogP contribution in [-0.4, -0.2) is 54.3 Å². The molecule has 1 aromatic carbocycles. The molecule has 1 heterocycles. The Bertz CT molecular complexity index is 640. The van der Waals surface area contributed by atoms with E-state index >= 15 is 0 Å². The molecule has 0 atom stereocenters. The van der Waals surface area contributed by atoms with Gasteiger partial charge >= 0.3 is 0 Å². The zero-order valence-electron chi connectivity index (χ0n) is 13.7. The Morgan fingerprint density at radius 1 is 1.21 bits per heavy atom. The third-order valence-electron chi connectivity index (χ3n) is 4.00. The molecule has 0 aromatic heterocycles. The molecule has 1 aromatic rings. The molecule has 0 N–H and O–H groups in total. The van der Waals surface area contributed by atoms with Gasteiger partial charge in [-0.3, -0.25) is 9.69 Å². The van der Waals surface area contributed by atoms with E-state index in [-0.39, 0.29) is 5.91 Å². The maximum absolute atomic E-state index is 12.2. The van der Waals surface area contributed by atoms with E-state index in [1.54, 1.807) is 24.3 Å². The highest BCUT2D eigenvalue weighted by atomic mass is 35.5. The molecule has 2 rings (SSSR count). The van der Waals surface area contributed by atoms with Gasteiger partial charge in [-0.25, -0.2) is 0 Å². The van der Waals surface area contributed by atoms with E-state index in [1.165, 1.54) is 0 Å². The van der Waals surface area contributed by atoms with Crippen molar-refractivity contribution in [3.63, 3.8) is 0 Å². The first-order valence-electron chi connectivity index (χ1n) is 8.15. The lowest BCUT2D eigenvalue weighted by molar-refractivity contribution is -0.127. The summed E-state index contributed by atoms with van der Waals surface area (Å²) in [6, 6.07) is 9.53. The third kappa shape index (κ3) is 5.52. The van der Waals surface area contributed by atoms with Crippen molar-refractivity contribution < 1.29 is 4.79 Å². The number of alkyl halides is 1. The van der Waals surface area contributed by atoms with Crippen molar-refractivity contribution in [2.45, 2.75) is 6.42 Å². The summed E-state index contributed by atoms with van der Waals surface area (Å²) in [6.07, 6.45) is 7.94. The number of hydrogen-bond donors (Lipinski definition) is 0. The lowest BCUT2D eigenvalue weighted by atomic mass is 10.1. The van der Waals surface area contributed by atoms with Crippen molar-refractivity contribution in [1.82, 2.24) is 9.80 Å². The number of nitriles is 1. The summed E-state index contributed by atoms with van der Waals surface area (Å²) in [4.78, 5) is 16.4. The molecule has 0 radical (unpaired) electrons. The van der Waals surface area contributed by atoms with Crippen LogP contribution in [0.4, 0.5) is 0 Å². The number of benzene rings is 1. The highest BCUT2D eigenvalue weighted by Crippen LogP contribution is 2.09. The molecule has 0 spiro atoms. The molecule has 1 amide bonds. The zero-order valence-corrected chi connectivity index (χ0v) is 14.5. The van der Waals surface area contributed by atoms with E-state index in [1.807, 2.05) is 29.2 Å².